The second-order valence-corrected chi connectivity index (χ2v) is 4.06. The number of benzene rings is 1. The number of rotatable bonds is 1. The van der Waals surface area contributed by atoms with Crippen molar-refractivity contribution in [1.29, 1.82) is 0 Å². The van der Waals surface area contributed by atoms with Crippen molar-refractivity contribution in [2.45, 2.75) is 6.92 Å². The molecule has 17 heavy (non-hydrogen) atoms. The third kappa shape index (κ3) is 2.34. The Morgan fingerprint density at radius 1 is 1.24 bits per heavy atom. The Hall–Kier alpha value is -1.75. The van der Waals surface area contributed by atoms with Crippen molar-refractivity contribution in [3.63, 3.8) is 0 Å². The number of morpholine rings is 1. The van der Waals surface area contributed by atoms with Gasteiger partial charge in [-0.1, -0.05) is 0 Å². The summed E-state index contributed by atoms with van der Waals surface area (Å²) < 4.78 is 5.18. The van der Waals surface area contributed by atoms with E-state index in [4.69, 9.17) is 4.74 Å². The first kappa shape index (κ1) is 11.7. The van der Waals surface area contributed by atoms with Crippen LogP contribution in [0.25, 0.3) is 0 Å². The monoisotopic (exact) mass is 237 g/mol. The Balaban J connectivity index is 2.26. The fourth-order valence-corrected chi connectivity index (χ4v) is 1.85. The van der Waals surface area contributed by atoms with Crippen LogP contribution in [0.1, 0.15) is 15.9 Å². The van der Waals surface area contributed by atoms with Crippen LogP contribution in [0.4, 0.5) is 0 Å². The van der Waals surface area contributed by atoms with Crippen LogP contribution in [0.2, 0.25) is 0 Å². The topological polar surface area (TPSA) is 70.0 Å². The summed E-state index contributed by atoms with van der Waals surface area (Å²) in [6, 6.07) is 2.70. The Kier molecular flexibility index (Phi) is 3.19. The molecule has 1 saturated heterocycles. The van der Waals surface area contributed by atoms with Gasteiger partial charge in [-0.25, -0.2) is 0 Å². The number of amides is 1. The molecule has 0 bridgehead atoms. The predicted molar refractivity (Wildman–Crippen MR) is 61.2 cm³/mol. The number of aryl methyl sites for hydroxylation is 1. The van der Waals surface area contributed by atoms with Crippen molar-refractivity contribution in [1.82, 2.24) is 4.90 Å². The van der Waals surface area contributed by atoms with Crippen molar-refractivity contribution < 1.29 is 19.7 Å². The zero-order valence-electron chi connectivity index (χ0n) is 9.64. The summed E-state index contributed by atoms with van der Waals surface area (Å²) in [5, 5.41) is 18.7. The van der Waals surface area contributed by atoms with E-state index < -0.39 is 0 Å². The smallest absolute Gasteiger partial charge is 0.254 e. The van der Waals surface area contributed by atoms with Crippen LogP contribution in [0, 0.1) is 6.92 Å². The standard InChI is InChI=1S/C12H15NO4/c1-8-6-10(14)11(15)7-9(8)12(16)13-2-4-17-5-3-13/h6-7,14-15H,2-5H2,1H3. The lowest BCUT2D eigenvalue weighted by atomic mass is 10.1. The highest BCUT2D eigenvalue weighted by Crippen LogP contribution is 2.28. The van der Waals surface area contributed by atoms with Gasteiger partial charge in [0.2, 0.25) is 0 Å². The number of phenolic OH excluding ortho intramolecular Hbond substituents is 2. The largest absolute Gasteiger partial charge is 0.504 e. The highest BCUT2D eigenvalue weighted by Gasteiger charge is 2.21. The number of carbonyl (C=O) groups excluding carboxylic acids is 1. The van der Waals surface area contributed by atoms with Gasteiger partial charge in [0, 0.05) is 18.7 Å². The number of nitrogens with zero attached hydrogens (tertiary/aromatic N) is 1. The van der Waals surface area contributed by atoms with Gasteiger partial charge in [-0.05, 0) is 24.6 Å². The van der Waals surface area contributed by atoms with Crippen LogP contribution >= 0.6 is 0 Å². The van der Waals surface area contributed by atoms with E-state index in [1.807, 2.05) is 0 Å². The van der Waals surface area contributed by atoms with Crippen molar-refractivity contribution >= 4 is 5.91 Å². The van der Waals surface area contributed by atoms with Gasteiger partial charge in [0.05, 0.1) is 13.2 Å². The van der Waals surface area contributed by atoms with Crippen molar-refractivity contribution in [3.8, 4) is 11.5 Å². The number of hydrogen-bond acceptors (Lipinski definition) is 4. The van der Waals surface area contributed by atoms with Crippen LogP contribution < -0.4 is 0 Å². The second-order valence-electron chi connectivity index (χ2n) is 4.06. The summed E-state index contributed by atoms with van der Waals surface area (Å²) in [5.41, 5.74) is 1.07. The molecule has 0 saturated carbocycles. The van der Waals surface area contributed by atoms with Crippen molar-refractivity contribution in [2.24, 2.45) is 0 Å². The van der Waals surface area contributed by atoms with Gasteiger partial charge < -0.3 is 19.8 Å². The Morgan fingerprint density at radius 3 is 2.47 bits per heavy atom. The molecule has 0 aromatic heterocycles. The molecule has 2 N–H and O–H groups in total. The molecule has 1 heterocycles. The lowest BCUT2D eigenvalue weighted by molar-refractivity contribution is 0.0302. The Morgan fingerprint density at radius 2 is 1.82 bits per heavy atom. The van der Waals surface area contributed by atoms with Crippen molar-refractivity contribution in [3.05, 3.63) is 23.3 Å². The van der Waals surface area contributed by atoms with Gasteiger partial charge in [0.25, 0.3) is 5.91 Å². The van der Waals surface area contributed by atoms with E-state index >= 15 is 0 Å². The minimum atomic E-state index is -0.271. The second kappa shape index (κ2) is 4.63. The summed E-state index contributed by atoms with van der Waals surface area (Å²) in [5.74, 6) is -0.616. The van der Waals surface area contributed by atoms with Crippen LogP contribution in [0.15, 0.2) is 12.1 Å². The first-order chi connectivity index (χ1) is 8.09. The van der Waals surface area contributed by atoms with E-state index in [1.165, 1.54) is 12.1 Å². The Labute approximate surface area is 99.2 Å². The quantitative estimate of drug-likeness (QED) is 0.711. The van der Waals surface area contributed by atoms with E-state index in [2.05, 4.69) is 0 Å². The lowest BCUT2D eigenvalue weighted by Gasteiger charge is -2.27. The van der Waals surface area contributed by atoms with Crippen molar-refractivity contribution in [2.75, 3.05) is 26.3 Å². The van der Waals surface area contributed by atoms with Gasteiger partial charge in [0.1, 0.15) is 0 Å². The molecule has 1 amide bonds. The number of hydrogen-bond donors (Lipinski definition) is 2. The zero-order valence-corrected chi connectivity index (χ0v) is 9.64. The van der Waals surface area contributed by atoms with Gasteiger partial charge in [-0.15, -0.1) is 0 Å². The van der Waals surface area contributed by atoms with E-state index in [1.54, 1.807) is 11.8 Å². The summed E-state index contributed by atoms with van der Waals surface area (Å²) >= 11 is 0. The molecule has 1 aromatic carbocycles. The maximum absolute atomic E-state index is 12.2. The average Bonchev–Trinajstić information content (AvgIpc) is 2.34. The van der Waals surface area contributed by atoms with Crippen LogP contribution in [0.3, 0.4) is 0 Å². The van der Waals surface area contributed by atoms with E-state index in [0.29, 0.717) is 37.4 Å². The molecule has 0 unspecified atom stereocenters. The maximum Gasteiger partial charge on any atom is 0.254 e. The van der Waals surface area contributed by atoms with E-state index in [-0.39, 0.29) is 17.4 Å². The molecule has 0 aliphatic carbocycles. The molecule has 0 atom stereocenters. The number of ether oxygens (including phenoxy) is 1. The molecule has 5 nitrogen and oxygen atoms in total. The fourth-order valence-electron chi connectivity index (χ4n) is 1.85. The molecule has 1 aliphatic heterocycles. The molecule has 1 aliphatic rings. The summed E-state index contributed by atoms with van der Waals surface area (Å²) in [6.45, 7) is 3.91. The van der Waals surface area contributed by atoms with Crippen LogP contribution in [0.5, 0.6) is 11.5 Å². The normalized spacial score (nSPS) is 15.9. The lowest BCUT2D eigenvalue weighted by Crippen LogP contribution is -2.40. The SMILES string of the molecule is Cc1cc(O)c(O)cc1C(=O)N1CCOCC1. The molecule has 2 rings (SSSR count). The first-order valence-corrected chi connectivity index (χ1v) is 5.49. The minimum absolute atomic E-state index is 0.138. The highest BCUT2D eigenvalue weighted by molar-refractivity contribution is 5.96. The number of carbonyl (C=O) groups is 1. The first-order valence-electron chi connectivity index (χ1n) is 5.49. The highest BCUT2D eigenvalue weighted by atomic mass is 16.5. The van der Waals surface area contributed by atoms with Crippen LogP contribution in [-0.4, -0.2) is 47.3 Å². The Bertz CT molecular complexity index is 438. The van der Waals surface area contributed by atoms with Gasteiger partial charge >= 0.3 is 0 Å². The zero-order chi connectivity index (χ0) is 12.4. The summed E-state index contributed by atoms with van der Waals surface area (Å²) in [7, 11) is 0. The summed E-state index contributed by atoms with van der Waals surface area (Å²) in [4.78, 5) is 13.8. The molecule has 1 aromatic rings. The molecule has 0 spiro atoms. The average molecular weight is 237 g/mol. The summed E-state index contributed by atoms with van der Waals surface area (Å²) in [6.07, 6.45) is 0. The van der Waals surface area contributed by atoms with E-state index in [9.17, 15) is 15.0 Å². The maximum atomic E-state index is 12.2. The van der Waals surface area contributed by atoms with E-state index in [0.717, 1.165) is 0 Å². The van der Waals surface area contributed by atoms with Gasteiger partial charge in [-0.3, -0.25) is 4.79 Å². The molecule has 5 heteroatoms. The number of phenols is 2. The predicted octanol–water partition coefficient (Wildman–Crippen LogP) is 0.879. The third-order valence-electron chi connectivity index (χ3n) is 2.85. The molecule has 1 fully saturated rings. The molecular formula is C12H15NO4. The number of aromatic hydroxyl groups is 2. The molecule has 0 radical (unpaired) electrons. The van der Waals surface area contributed by atoms with Gasteiger partial charge in [0.15, 0.2) is 11.5 Å². The van der Waals surface area contributed by atoms with Gasteiger partial charge in [-0.2, -0.15) is 0 Å². The third-order valence-corrected chi connectivity index (χ3v) is 2.85. The molecule has 92 valence electrons. The molecular weight excluding hydrogens is 222 g/mol. The van der Waals surface area contributed by atoms with Crippen LogP contribution in [-0.2, 0) is 4.74 Å². The fraction of sp³-hybridized carbons (Fsp3) is 0.417. The minimum Gasteiger partial charge on any atom is -0.504 e.